The molecular formula is C12H16N4OS2. The van der Waals surface area contributed by atoms with Crippen LogP contribution in [0.15, 0.2) is 17.8 Å². The molecule has 2 heterocycles. The first kappa shape index (κ1) is 14.1. The van der Waals surface area contributed by atoms with Gasteiger partial charge in [0.2, 0.25) is 5.91 Å². The minimum atomic E-state index is 0.0724. The van der Waals surface area contributed by atoms with Crippen LogP contribution in [-0.2, 0) is 17.1 Å². The Kier molecular flexibility index (Phi) is 5.41. The molecular weight excluding hydrogens is 280 g/mol. The second kappa shape index (κ2) is 7.30. The molecule has 2 N–H and O–H groups in total. The first-order valence-electron chi connectivity index (χ1n) is 5.97. The molecule has 19 heavy (non-hydrogen) atoms. The van der Waals surface area contributed by atoms with Crippen LogP contribution in [0.4, 0.5) is 0 Å². The molecule has 0 radical (unpaired) electrons. The Morgan fingerprint density at radius 3 is 3.16 bits per heavy atom. The first-order chi connectivity index (χ1) is 9.24. The van der Waals surface area contributed by atoms with E-state index in [1.807, 2.05) is 6.92 Å². The fraction of sp³-hybridized carbons (Fsp3) is 0.417. The van der Waals surface area contributed by atoms with Crippen LogP contribution < -0.4 is 5.32 Å². The zero-order valence-corrected chi connectivity index (χ0v) is 12.3. The lowest BCUT2D eigenvalue weighted by Gasteiger charge is -2.03. The molecule has 7 heteroatoms. The minimum Gasteiger partial charge on any atom is -0.352 e. The number of amides is 1. The SMILES string of the molecule is Cc1nc(CSCCC(=O)NCc2cn[nH]c2)cs1. The van der Waals surface area contributed by atoms with E-state index in [9.17, 15) is 4.79 Å². The van der Waals surface area contributed by atoms with E-state index in [4.69, 9.17) is 0 Å². The molecule has 0 aliphatic heterocycles. The maximum atomic E-state index is 11.6. The first-order valence-corrected chi connectivity index (χ1v) is 8.00. The van der Waals surface area contributed by atoms with Gasteiger partial charge in [-0.1, -0.05) is 0 Å². The summed E-state index contributed by atoms with van der Waals surface area (Å²) in [5, 5.41) is 12.6. The largest absolute Gasteiger partial charge is 0.352 e. The van der Waals surface area contributed by atoms with Crippen LogP contribution in [0.25, 0.3) is 0 Å². The highest BCUT2D eigenvalue weighted by Gasteiger charge is 2.03. The van der Waals surface area contributed by atoms with Crippen molar-refractivity contribution in [1.82, 2.24) is 20.5 Å². The summed E-state index contributed by atoms with van der Waals surface area (Å²) < 4.78 is 0. The third-order valence-corrected chi connectivity index (χ3v) is 4.25. The van der Waals surface area contributed by atoms with Gasteiger partial charge in [0.15, 0.2) is 0 Å². The van der Waals surface area contributed by atoms with Crippen molar-refractivity contribution in [2.24, 2.45) is 0 Å². The lowest BCUT2D eigenvalue weighted by Crippen LogP contribution is -2.22. The van der Waals surface area contributed by atoms with E-state index >= 15 is 0 Å². The van der Waals surface area contributed by atoms with Crippen molar-refractivity contribution in [3.63, 3.8) is 0 Å². The van der Waals surface area contributed by atoms with E-state index < -0.39 is 0 Å². The summed E-state index contributed by atoms with van der Waals surface area (Å²) in [5.74, 6) is 1.76. The predicted molar refractivity (Wildman–Crippen MR) is 78.1 cm³/mol. The Morgan fingerprint density at radius 1 is 1.58 bits per heavy atom. The average Bonchev–Trinajstić information content (AvgIpc) is 3.04. The van der Waals surface area contributed by atoms with E-state index in [0.29, 0.717) is 13.0 Å². The Bertz CT molecular complexity index is 510. The normalized spacial score (nSPS) is 10.6. The van der Waals surface area contributed by atoms with Gasteiger partial charge in [-0.05, 0) is 6.92 Å². The number of aryl methyl sites for hydroxylation is 1. The van der Waals surface area contributed by atoms with Crippen molar-refractivity contribution in [3.8, 4) is 0 Å². The molecule has 0 spiro atoms. The van der Waals surface area contributed by atoms with Gasteiger partial charge < -0.3 is 5.32 Å². The Morgan fingerprint density at radius 2 is 2.47 bits per heavy atom. The molecule has 5 nitrogen and oxygen atoms in total. The zero-order chi connectivity index (χ0) is 13.5. The van der Waals surface area contributed by atoms with Crippen LogP contribution in [0.2, 0.25) is 0 Å². The van der Waals surface area contributed by atoms with Crippen molar-refractivity contribution < 1.29 is 4.79 Å². The van der Waals surface area contributed by atoms with E-state index in [-0.39, 0.29) is 5.91 Å². The van der Waals surface area contributed by atoms with Crippen LogP contribution in [0.5, 0.6) is 0 Å². The summed E-state index contributed by atoms with van der Waals surface area (Å²) in [6.07, 6.45) is 4.02. The summed E-state index contributed by atoms with van der Waals surface area (Å²) in [4.78, 5) is 16.0. The number of aromatic amines is 1. The van der Waals surface area contributed by atoms with Crippen molar-refractivity contribution in [3.05, 3.63) is 34.0 Å². The molecule has 0 saturated heterocycles. The smallest absolute Gasteiger partial charge is 0.221 e. The second-order valence-corrected chi connectivity index (χ2v) is 6.21. The molecule has 0 saturated carbocycles. The van der Waals surface area contributed by atoms with Crippen molar-refractivity contribution in [2.75, 3.05) is 5.75 Å². The number of nitrogens with one attached hydrogen (secondary N) is 2. The third kappa shape index (κ3) is 5.04. The third-order valence-electron chi connectivity index (χ3n) is 2.43. The number of carbonyl (C=O) groups excluding carboxylic acids is 1. The maximum absolute atomic E-state index is 11.6. The number of aromatic nitrogens is 3. The summed E-state index contributed by atoms with van der Waals surface area (Å²) in [6, 6.07) is 0. The fourth-order valence-corrected chi connectivity index (χ4v) is 3.03. The highest BCUT2D eigenvalue weighted by molar-refractivity contribution is 7.98. The highest BCUT2D eigenvalue weighted by atomic mass is 32.2. The van der Waals surface area contributed by atoms with Gasteiger partial charge >= 0.3 is 0 Å². The number of H-pyrrole nitrogens is 1. The van der Waals surface area contributed by atoms with E-state index in [0.717, 1.165) is 27.8 Å². The van der Waals surface area contributed by atoms with Crippen LogP contribution in [-0.4, -0.2) is 26.8 Å². The molecule has 2 aromatic heterocycles. The molecule has 0 aliphatic carbocycles. The number of thiazole rings is 1. The number of nitrogens with zero attached hydrogens (tertiary/aromatic N) is 2. The standard InChI is InChI=1S/C12H16N4OS2/c1-9-16-11(8-19-9)7-18-3-2-12(17)13-4-10-5-14-15-6-10/h5-6,8H,2-4,7H2,1H3,(H,13,17)(H,14,15). The molecule has 2 aromatic rings. The lowest BCUT2D eigenvalue weighted by molar-refractivity contribution is -0.120. The molecule has 0 fully saturated rings. The number of thioether (sulfide) groups is 1. The summed E-state index contributed by atoms with van der Waals surface area (Å²) in [5.41, 5.74) is 2.09. The van der Waals surface area contributed by atoms with Gasteiger partial charge in [0.1, 0.15) is 0 Å². The van der Waals surface area contributed by atoms with Crippen LogP contribution >= 0.6 is 23.1 Å². The van der Waals surface area contributed by atoms with Gasteiger partial charge in [0, 0.05) is 41.6 Å². The van der Waals surface area contributed by atoms with Crippen LogP contribution in [0.3, 0.4) is 0 Å². The van der Waals surface area contributed by atoms with Crippen molar-refractivity contribution in [2.45, 2.75) is 25.6 Å². The topological polar surface area (TPSA) is 70.7 Å². The molecule has 0 aliphatic rings. The highest BCUT2D eigenvalue weighted by Crippen LogP contribution is 2.15. The number of hydrogen-bond donors (Lipinski definition) is 2. The van der Waals surface area contributed by atoms with Crippen molar-refractivity contribution in [1.29, 1.82) is 0 Å². The fourth-order valence-electron chi connectivity index (χ4n) is 1.48. The predicted octanol–water partition coefficient (Wildman–Crippen LogP) is 2.11. The summed E-state index contributed by atoms with van der Waals surface area (Å²) >= 11 is 3.40. The van der Waals surface area contributed by atoms with Gasteiger partial charge in [-0.3, -0.25) is 9.89 Å². The Labute approximate surface area is 120 Å². The Hall–Kier alpha value is -1.34. The second-order valence-electron chi connectivity index (χ2n) is 4.04. The molecule has 2 rings (SSSR count). The zero-order valence-electron chi connectivity index (χ0n) is 10.7. The molecule has 1 amide bonds. The monoisotopic (exact) mass is 296 g/mol. The molecule has 0 unspecified atom stereocenters. The number of hydrogen-bond acceptors (Lipinski definition) is 5. The van der Waals surface area contributed by atoms with E-state index in [1.54, 1.807) is 35.5 Å². The maximum Gasteiger partial charge on any atom is 0.221 e. The quantitative estimate of drug-likeness (QED) is 0.768. The summed E-state index contributed by atoms with van der Waals surface area (Å²) in [7, 11) is 0. The minimum absolute atomic E-state index is 0.0724. The van der Waals surface area contributed by atoms with Gasteiger partial charge in [-0.2, -0.15) is 16.9 Å². The number of rotatable bonds is 7. The van der Waals surface area contributed by atoms with Crippen LogP contribution in [0, 0.1) is 6.92 Å². The lowest BCUT2D eigenvalue weighted by atomic mass is 10.3. The molecule has 102 valence electrons. The van der Waals surface area contributed by atoms with Gasteiger partial charge in [-0.25, -0.2) is 4.98 Å². The van der Waals surface area contributed by atoms with E-state index in [2.05, 4.69) is 25.9 Å². The van der Waals surface area contributed by atoms with Gasteiger partial charge in [0.05, 0.1) is 16.9 Å². The number of carbonyl (C=O) groups is 1. The Balaban J connectivity index is 1.56. The van der Waals surface area contributed by atoms with E-state index in [1.165, 1.54) is 0 Å². The van der Waals surface area contributed by atoms with Crippen LogP contribution in [0.1, 0.15) is 22.7 Å². The van der Waals surface area contributed by atoms with Gasteiger partial charge in [-0.15, -0.1) is 11.3 Å². The molecule has 0 atom stereocenters. The molecule has 0 bridgehead atoms. The molecule has 0 aromatic carbocycles. The summed E-state index contributed by atoms with van der Waals surface area (Å²) in [6.45, 7) is 2.54. The van der Waals surface area contributed by atoms with Gasteiger partial charge in [0.25, 0.3) is 0 Å². The average molecular weight is 296 g/mol. The van der Waals surface area contributed by atoms with Crippen molar-refractivity contribution >= 4 is 29.0 Å².